The molecule has 0 aliphatic rings. The van der Waals surface area contributed by atoms with Crippen molar-refractivity contribution in [3.63, 3.8) is 0 Å². The Kier molecular flexibility index (Phi) is 4.52. The summed E-state index contributed by atoms with van der Waals surface area (Å²) < 4.78 is 31.2. The lowest BCUT2D eigenvalue weighted by molar-refractivity contribution is 0.0595. The van der Waals surface area contributed by atoms with E-state index in [1.165, 1.54) is 31.4 Å². The third kappa shape index (κ3) is 3.56. The van der Waals surface area contributed by atoms with Crippen molar-refractivity contribution in [2.45, 2.75) is 13.5 Å². The predicted octanol–water partition coefficient (Wildman–Crippen LogP) is 3.67. The summed E-state index contributed by atoms with van der Waals surface area (Å²) in [6, 6.07) is 8.91. The molecule has 0 radical (unpaired) electrons. The van der Waals surface area contributed by atoms with Crippen LogP contribution < -0.4 is 5.32 Å². The van der Waals surface area contributed by atoms with Crippen LogP contribution in [-0.2, 0) is 11.3 Å². The van der Waals surface area contributed by atoms with E-state index in [1.54, 1.807) is 19.1 Å². The van der Waals surface area contributed by atoms with Crippen molar-refractivity contribution in [1.82, 2.24) is 0 Å². The topological polar surface area (TPSA) is 38.3 Å². The zero-order valence-corrected chi connectivity index (χ0v) is 11.7. The molecule has 0 atom stereocenters. The average Bonchev–Trinajstić information content (AvgIpc) is 2.49. The second-order valence-corrected chi connectivity index (χ2v) is 4.62. The van der Waals surface area contributed by atoms with Gasteiger partial charge in [0.25, 0.3) is 0 Å². The highest BCUT2D eigenvalue weighted by atomic mass is 19.1. The second kappa shape index (κ2) is 6.35. The van der Waals surface area contributed by atoms with Crippen LogP contribution in [0.2, 0.25) is 0 Å². The Balaban J connectivity index is 2.13. The number of anilines is 1. The second-order valence-electron chi connectivity index (χ2n) is 4.62. The van der Waals surface area contributed by atoms with Gasteiger partial charge in [-0.15, -0.1) is 0 Å². The Morgan fingerprint density at radius 3 is 2.52 bits per heavy atom. The molecule has 0 bridgehead atoms. The van der Waals surface area contributed by atoms with Crippen molar-refractivity contribution in [2.24, 2.45) is 0 Å². The average molecular weight is 291 g/mol. The van der Waals surface area contributed by atoms with Gasteiger partial charge in [0, 0.05) is 12.2 Å². The minimum Gasteiger partial charge on any atom is -0.465 e. The maximum atomic E-state index is 13.5. The molecule has 0 aromatic heterocycles. The quantitative estimate of drug-likeness (QED) is 0.873. The normalized spacial score (nSPS) is 10.3. The molecule has 0 heterocycles. The standard InChI is InChI=1S/C16H15F2NO2/c1-10-7-11(3-5-14(10)17)9-19-12-4-6-15(18)13(8-12)16(20)21-2/h3-8,19H,9H2,1-2H3. The van der Waals surface area contributed by atoms with Crippen molar-refractivity contribution in [3.8, 4) is 0 Å². The molecule has 2 rings (SSSR count). The van der Waals surface area contributed by atoms with Gasteiger partial charge < -0.3 is 10.1 Å². The zero-order valence-electron chi connectivity index (χ0n) is 11.7. The van der Waals surface area contributed by atoms with Crippen LogP contribution in [0.5, 0.6) is 0 Å². The van der Waals surface area contributed by atoms with Crippen molar-refractivity contribution in [3.05, 3.63) is 64.7 Å². The van der Waals surface area contributed by atoms with Gasteiger partial charge in [-0.25, -0.2) is 13.6 Å². The molecular formula is C16H15F2NO2. The summed E-state index contributed by atoms with van der Waals surface area (Å²) in [6.07, 6.45) is 0. The van der Waals surface area contributed by atoms with E-state index in [0.29, 0.717) is 17.8 Å². The zero-order chi connectivity index (χ0) is 15.4. The number of aryl methyl sites for hydroxylation is 1. The smallest absolute Gasteiger partial charge is 0.340 e. The first kappa shape index (κ1) is 15.0. The fraction of sp³-hybridized carbons (Fsp3) is 0.188. The Morgan fingerprint density at radius 1 is 1.14 bits per heavy atom. The maximum Gasteiger partial charge on any atom is 0.340 e. The van der Waals surface area contributed by atoms with Gasteiger partial charge in [-0.2, -0.15) is 0 Å². The van der Waals surface area contributed by atoms with Crippen molar-refractivity contribution in [1.29, 1.82) is 0 Å². The number of carbonyl (C=O) groups is 1. The van der Waals surface area contributed by atoms with Crippen LogP contribution in [0.15, 0.2) is 36.4 Å². The van der Waals surface area contributed by atoms with Gasteiger partial charge >= 0.3 is 5.97 Å². The Morgan fingerprint density at radius 2 is 1.86 bits per heavy atom. The van der Waals surface area contributed by atoms with E-state index in [-0.39, 0.29) is 11.4 Å². The van der Waals surface area contributed by atoms with Gasteiger partial charge in [-0.05, 0) is 42.3 Å². The lowest BCUT2D eigenvalue weighted by Gasteiger charge is -2.09. The van der Waals surface area contributed by atoms with E-state index in [9.17, 15) is 13.6 Å². The van der Waals surface area contributed by atoms with Crippen LogP contribution in [0.3, 0.4) is 0 Å². The predicted molar refractivity (Wildman–Crippen MR) is 76.2 cm³/mol. The summed E-state index contributed by atoms with van der Waals surface area (Å²) in [5.74, 6) is -1.62. The fourth-order valence-corrected chi connectivity index (χ4v) is 1.92. The molecule has 0 spiro atoms. The minimum absolute atomic E-state index is 0.127. The minimum atomic E-state index is -0.728. The molecule has 0 unspecified atom stereocenters. The molecule has 0 fully saturated rings. The summed E-state index contributed by atoms with van der Waals surface area (Å²) in [5.41, 5.74) is 1.90. The molecule has 0 saturated heterocycles. The summed E-state index contributed by atoms with van der Waals surface area (Å²) >= 11 is 0. The van der Waals surface area contributed by atoms with E-state index < -0.39 is 11.8 Å². The van der Waals surface area contributed by atoms with Crippen LogP contribution >= 0.6 is 0 Å². The highest BCUT2D eigenvalue weighted by Crippen LogP contribution is 2.17. The molecule has 5 heteroatoms. The monoisotopic (exact) mass is 291 g/mol. The number of halogens is 2. The molecule has 21 heavy (non-hydrogen) atoms. The molecule has 0 aliphatic carbocycles. The highest BCUT2D eigenvalue weighted by molar-refractivity contribution is 5.90. The molecule has 0 saturated carbocycles. The van der Waals surface area contributed by atoms with Crippen molar-refractivity contribution >= 4 is 11.7 Å². The number of methoxy groups -OCH3 is 1. The molecule has 2 aromatic carbocycles. The van der Waals surface area contributed by atoms with E-state index in [0.717, 1.165) is 5.56 Å². The first-order valence-corrected chi connectivity index (χ1v) is 6.38. The van der Waals surface area contributed by atoms with Crippen LogP contribution in [0.4, 0.5) is 14.5 Å². The van der Waals surface area contributed by atoms with Gasteiger partial charge in [-0.3, -0.25) is 0 Å². The summed E-state index contributed by atoms with van der Waals surface area (Å²) in [5, 5.41) is 3.06. The number of carbonyl (C=O) groups excluding carboxylic acids is 1. The van der Waals surface area contributed by atoms with Crippen LogP contribution in [-0.4, -0.2) is 13.1 Å². The van der Waals surface area contributed by atoms with Crippen LogP contribution in [0, 0.1) is 18.6 Å². The first-order valence-electron chi connectivity index (χ1n) is 6.38. The number of rotatable bonds is 4. The SMILES string of the molecule is COC(=O)c1cc(NCc2ccc(F)c(C)c2)ccc1F. The van der Waals surface area contributed by atoms with Crippen LogP contribution in [0.25, 0.3) is 0 Å². The molecule has 3 nitrogen and oxygen atoms in total. The van der Waals surface area contributed by atoms with E-state index in [1.807, 2.05) is 0 Å². The lowest BCUT2D eigenvalue weighted by Crippen LogP contribution is -2.06. The number of nitrogens with one attached hydrogen (secondary N) is 1. The van der Waals surface area contributed by atoms with E-state index >= 15 is 0 Å². The molecule has 2 aromatic rings. The van der Waals surface area contributed by atoms with Crippen molar-refractivity contribution in [2.75, 3.05) is 12.4 Å². The third-order valence-corrected chi connectivity index (χ3v) is 3.09. The molecule has 1 N–H and O–H groups in total. The number of hydrogen-bond donors (Lipinski definition) is 1. The number of hydrogen-bond acceptors (Lipinski definition) is 3. The van der Waals surface area contributed by atoms with Crippen LogP contribution in [0.1, 0.15) is 21.5 Å². The molecule has 110 valence electrons. The van der Waals surface area contributed by atoms with Gasteiger partial charge in [-0.1, -0.05) is 12.1 Å². The Labute approximate surface area is 121 Å². The lowest BCUT2D eigenvalue weighted by atomic mass is 10.1. The summed E-state index contributed by atoms with van der Waals surface area (Å²) in [6.45, 7) is 2.12. The van der Waals surface area contributed by atoms with E-state index in [4.69, 9.17) is 0 Å². The number of ether oxygens (including phenoxy) is 1. The molecular weight excluding hydrogens is 276 g/mol. The Bertz CT molecular complexity index is 671. The maximum absolute atomic E-state index is 13.5. The molecule has 0 aliphatic heterocycles. The number of benzene rings is 2. The van der Waals surface area contributed by atoms with Gasteiger partial charge in [0.1, 0.15) is 11.6 Å². The Hall–Kier alpha value is -2.43. The largest absolute Gasteiger partial charge is 0.465 e. The van der Waals surface area contributed by atoms with Crippen molar-refractivity contribution < 1.29 is 18.3 Å². The van der Waals surface area contributed by atoms with E-state index in [2.05, 4.69) is 10.1 Å². The van der Waals surface area contributed by atoms with Gasteiger partial charge in [0.15, 0.2) is 0 Å². The highest BCUT2D eigenvalue weighted by Gasteiger charge is 2.12. The summed E-state index contributed by atoms with van der Waals surface area (Å²) in [4.78, 5) is 11.4. The third-order valence-electron chi connectivity index (χ3n) is 3.09. The van der Waals surface area contributed by atoms with Gasteiger partial charge in [0.2, 0.25) is 0 Å². The number of esters is 1. The fourth-order valence-electron chi connectivity index (χ4n) is 1.92. The van der Waals surface area contributed by atoms with Gasteiger partial charge in [0.05, 0.1) is 12.7 Å². The first-order chi connectivity index (χ1) is 10.0. The summed E-state index contributed by atoms with van der Waals surface area (Å²) in [7, 11) is 1.20. The molecule has 0 amide bonds.